The number of hydrogen-bond donors (Lipinski definition) is 0. The molecular weight excluding hydrogens is 264 g/mol. The lowest BCUT2D eigenvalue weighted by molar-refractivity contribution is -0.138. The summed E-state index contributed by atoms with van der Waals surface area (Å²) in [4.78, 5) is 18.2. The summed E-state index contributed by atoms with van der Waals surface area (Å²) in [5.74, 6) is 0.692. The highest BCUT2D eigenvalue weighted by atomic mass is 16.5. The SMILES string of the molecule is CC[C@@H](Oc1ccccc1)C(=O)N(C)Cc1cccnc1. The third-order valence-corrected chi connectivity index (χ3v) is 3.19. The Balaban J connectivity index is 1.99. The summed E-state index contributed by atoms with van der Waals surface area (Å²) >= 11 is 0. The van der Waals surface area contributed by atoms with Crippen LogP contribution in [-0.4, -0.2) is 28.9 Å². The van der Waals surface area contributed by atoms with Crippen LogP contribution in [0.2, 0.25) is 0 Å². The van der Waals surface area contributed by atoms with Crippen LogP contribution in [0.3, 0.4) is 0 Å². The minimum atomic E-state index is -0.464. The van der Waals surface area contributed by atoms with Crippen LogP contribution < -0.4 is 4.74 Å². The summed E-state index contributed by atoms with van der Waals surface area (Å²) in [7, 11) is 1.78. The number of aromatic nitrogens is 1. The summed E-state index contributed by atoms with van der Waals surface area (Å²) in [5, 5.41) is 0. The minimum Gasteiger partial charge on any atom is -0.481 e. The van der Waals surface area contributed by atoms with E-state index in [2.05, 4.69) is 4.98 Å². The predicted molar refractivity (Wildman–Crippen MR) is 81.9 cm³/mol. The van der Waals surface area contributed by atoms with Gasteiger partial charge in [-0.1, -0.05) is 31.2 Å². The number of pyridine rings is 1. The average molecular weight is 284 g/mol. The molecule has 2 aromatic rings. The minimum absolute atomic E-state index is 0.0230. The van der Waals surface area contributed by atoms with E-state index in [9.17, 15) is 4.79 Å². The maximum atomic E-state index is 12.5. The lowest BCUT2D eigenvalue weighted by atomic mass is 10.2. The van der Waals surface area contributed by atoms with E-state index >= 15 is 0 Å². The van der Waals surface area contributed by atoms with Gasteiger partial charge in [-0.15, -0.1) is 0 Å². The molecule has 0 spiro atoms. The van der Waals surface area contributed by atoms with Gasteiger partial charge in [-0.05, 0) is 30.2 Å². The molecule has 1 amide bonds. The summed E-state index contributed by atoms with van der Waals surface area (Å²) in [6, 6.07) is 13.2. The average Bonchev–Trinajstić information content (AvgIpc) is 2.54. The zero-order valence-corrected chi connectivity index (χ0v) is 12.4. The molecule has 1 aromatic heterocycles. The molecule has 0 N–H and O–H groups in total. The van der Waals surface area contributed by atoms with Crippen LogP contribution in [0.15, 0.2) is 54.9 Å². The van der Waals surface area contributed by atoms with Gasteiger partial charge < -0.3 is 9.64 Å². The molecule has 1 aromatic carbocycles. The zero-order chi connectivity index (χ0) is 15.1. The lowest BCUT2D eigenvalue weighted by Crippen LogP contribution is -2.39. The molecule has 0 aliphatic carbocycles. The Hall–Kier alpha value is -2.36. The van der Waals surface area contributed by atoms with Crippen molar-refractivity contribution < 1.29 is 9.53 Å². The van der Waals surface area contributed by atoms with Crippen LogP contribution in [0.25, 0.3) is 0 Å². The highest BCUT2D eigenvalue weighted by Crippen LogP contribution is 2.14. The molecule has 4 nitrogen and oxygen atoms in total. The normalized spacial score (nSPS) is 11.7. The highest BCUT2D eigenvalue weighted by Gasteiger charge is 2.22. The van der Waals surface area contributed by atoms with Gasteiger partial charge in [-0.2, -0.15) is 0 Å². The van der Waals surface area contributed by atoms with E-state index in [4.69, 9.17) is 4.74 Å². The van der Waals surface area contributed by atoms with Crippen molar-refractivity contribution in [3.63, 3.8) is 0 Å². The maximum Gasteiger partial charge on any atom is 0.263 e. The Morgan fingerprint density at radius 3 is 2.62 bits per heavy atom. The third-order valence-electron chi connectivity index (χ3n) is 3.19. The molecule has 0 aliphatic rings. The molecule has 0 unspecified atom stereocenters. The Morgan fingerprint density at radius 1 is 1.24 bits per heavy atom. The molecule has 0 aliphatic heterocycles. The van der Waals surface area contributed by atoms with Crippen molar-refractivity contribution in [3.05, 3.63) is 60.4 Å². The van der Waals surface area contributed by atoms with E-state index < -0.39 is 6.10 Å². The number of likely N-dealkylation sites (N-methyl/N-ethyl adjacent to an activating group) is 1. The number of amides is 1. The van der Waals surface area contributed by atoms with Crippen LogP contribution in [-0.2, 0) is 11.3 Å². The molecular formula is C17H20N2O2. The van der Waals surface area contributed by atoms with Crippen molar-refractivity contribution in [2.45, 2.75) is 26.0 Å². The Kier molecular flexibility index (Phi) is 5.32. The van der Waals surface area contributed by atoms with Crippen molar-refractivity contribution in [1.82, 2.24) is 9.88 Å². The number of carbonyl (C=O) groups excluding carboxylic acids is 1. The second kappa shape index (κ2) is 7.43. The van der Waals surface area contributed by atoms with Gasteiger partial charge in [0, 0.05) is 26.0 Å². The van der Waals surface area contributed by atoms with Crippen molar-refractivity contribution in [3.8, 4) is 5.75 Å². The Labute approximate surface area is 125 Å². The Bertz CT molecular complexity index is 558. The molecule has 1 heterocycles. The number of rotatable bonds is 6. The first-order valence-electron chi connectivity index (χ1n) is 7.06. The van der Waals surface area contributed by atoms with E-state index in [1.54, 1.807) is 24.3 Å². The predicted octanol–water partition coefficient (Wildman–Crippen LogP) is 2.90. The van der Waals surface area contributed by atoms with Gasteiger partial charge in [0.2, 0.25) is 0 Å². The van der Waals surface area contributed by atoms with Crippen molar-refractivity contribution in [1.29, 1.82) is 0 Å². The van der Waals surface area contributed by atoms with Crippen molar-refractivity contribution >= 4 is 5.91 Å². The van der Waals surface area contributed by atoms with Crippen molar-refractivity contribution in [2.75, 3.05) is 7.05 Å². The second-order valence-corrected chi connectivity index (χ2v) is 4.88. The monoisotopic (exact) mass is 284 g/mol. The van der Waals surface area contributed by atoms with Crippen molar-refractivity contribution in [2.24, 2.45) is 0 Å². The molecule has 0 bridgehead atoms. The molecule has 4 heteroatoms. The quantitative estimate of drug-likeness (QED) is 0.819. The lowest BCUT2D eigenvalue weighted by Gasteiger charge is -2.23. The van der Waals surface area contributed by atoms with Crippen LogP contribution in [0.4, 0.5) is 0 Å². The smallest absolute Gasteiger partial charge is 0.263 e. The number of ether oxygens (including phenoxy) is 1. The number of hydrogen-bond acceptors (Lipinski definition) is 3. The van der Waals surface area contributed by atoms with Crippen LogP contribution in [0.1, 0.15) is 18.9 Å². The van der Waals surface area contributed by atoms with Gasteiger partial charge in [-0.3, -0.25) is 9.78 Å². The van der Waals surface area contributed by atoms with E-state index in [1.807, 2.05) is 49.4 Å². The Morgan fingerprint density at radius 2 is 2.00 bits per heavy atom. The number of carbonyl (C=O) groups is 1. The van der Waals surface area contributed by atoms with E-state index in [0.29, 0.717) is 18.7 Å². The first-order chi connectivity index (χ1) is 10.2. The fourth-order valence-corrected chi connectivity index (χ4v) is 2.06. The van der Waals surface area contributed by atoms with Gasteiger partial charge in [0.25, 0.3) is 5.91 Å². The molecule has 2 rings (SSSR count). The maximum absolute atomic E-state index is 12.5. The zero-order valence-electron chi connectivity index (χ0n) is 12.4. The second-order valence-electron chi connectivity index (χ2n) is 4.88. The fourth-order valence-electron chi connectivity index (χ4n) is 2.06. The highest BCUT2D eigenvalue weighted by molar-refractivity contribution is 5.81. The fraction of sp³-hybridized carbons (Fsp3) is 0.294. The largest absolute Gasteiger partial charge is 0.481 e. The molecule has 0 saturated heterocycles. The third kappa shape index (κ3) is 4.31. The van der Waals surface area contributed by atoms with Gasteiger partial charge in [-0.25, -0.2) is 0 Å². The summed E-state index contributed by atoms with van der Waals surface area (Å²) in [6.07, 6.45) is 3.65. The molecule has 21 heavy (non-hydrogen) atoms. The molecule has 110 valence electrons. The molecule has 0 radical (unpaired) electrons. The topological polar surface area (TPSA) is 42.4 Å². The van der Waals surface area contributed by atoms with Crippen LogP contribution in [0.5, 0.6) is 5.75 Å². The number of benzene rings is 1. The summed E-state index contributed by atoms with van der Waals surface area (Å²) in [5.41, 5.74) is 1.00. The molecule has 1 atom stereocenters. The number of para-hydroxylation sites is 1. The summed E-state index contributed by atoms with van der Waals surface area (Å²) < 4.78 is 5.78. The first-order valence-corrected chi connectivity index (χ1v) is 7.06. The summed E-state index contributed by atoms with van der Waals surface area (Å²) in [6.45, 7) is 2.48. The van der Waals surface area contributed by atoms with Gasteiger partial charge in [0.05, 0.1) is 0 Å². The van der Waals surface area contributed by atoms with E-state index in [0.717, 1.165) is 5.56 Å². The van der Waals surface area contributed by atoms with Gasteiger partial charge in [0.1, 0.15) is 5.75 Å². The van der Waals surface area contributed by atoms with E-state index in [1.165, 1.54) is 0 Å². The standard InChI is InChI=1S/C17H20N2O2/c1-3-16(21-15-9-5-4-6-10-15)17(20)19(2)13-14-8-7-11-18-12-14/h4-12,16H,3,13H2,1-2H3/t16-/m1/s1. The molecule has 0 fully saturated rings. The van der Waals surface area contributed by atoms with Gasteiger partial charge in [0.15, 0.2) is 6.10 Å². The molecule has 0 saturated carbocycles. The van der Waals surface area contributed by atoms with Crippen LogP contribution >= 0.6 is 0 Å². The van der Waals surface area contributed by atoms with Crippen LogP contribution in [0, 0.1) is 0 Å². The number of nitrogens with zero attached hydrogens (tertiary/aromatic N) is 2. The first kappa shape index (κ1) is 15.0. The van der Waals surface area contributed by atoms with E-state index in [-0.39, 0.29) is 5.91 Å². The van der Waals surface area contributed by atoms with Gasteiger partial charge >= 0.3 is 0 Å².